The van der Waals surface area contributed by atoms with E-state index in [1.165, 1.54) is 12.8 Å². The molecule has 0 atom stereocenters. The maximum Gasteiger partial charge on any atom is 0.258 e. The SMILES string of the molecule is O=C(NC(=S)Nc1cccc(N2CCCC2)c1)c1cc(I)ccc1Cl. The minimum atomic E-state index is -0.322. The molecule has 0 bridgehead atoms. The average Bonchev–Trinajstić information content (AvgIpc) is 3.11. The lowest BCUT2D eigenvalue weighted by Gasteiger charge is -2.19. The van der Waals surface area contributed by atoms with Gasteiger partial charge in [-0.1, -0.05) is 17.7 Å². The van der Waals surface area contributed by atoms with Gasteiger partial charge in [0, 0.05) is 28.0 Å². The molecule has 0 aromatic heterocycles. The molecule has 130 valence electrons. The molecule has 0 unspecified atom stereocenters. The van der Waals surface area contributed by atoms with E-state index in [1.54, 1.807) is 12.1 Å². The van der Waals surface area contributed by atoms with Crippen LogP contribution in [-0.4, -0.2) is 24.1 Å². The number of amides is 1. The van der Waals surface area contributed by atoms with Crippen molar-refractivity contribution in [2.45, 2.75) is 12.8 Å². The zero-order chi connectivity index (χ0) is 17.8. The molecular formula is C18H17ClIN3OS. The summed E-state index contributed by atoms with van der Waals surface area (Å²) in [6.45, 7) is 2.16. The van der Waals surface area contributed by atoms with Gasteiger partial charge in [0.15, 0.2) is 5.11 Å². The summed E-state index contributed by atoms with van der Waals surface area (Å²) in [6, 6.07) is 13.3. The van der Waals surface area contributed by atoms with Crippen molar-refractivity contribution in [1.82, 2.24) is 5.32 Å². The standard InChI is InChI=1S/C18H17ClIN3OS/c19-16-7-6-12(20)10-15(16)17(24)22-18(25)21-13-4-3-5-14(11-13)23-8-1-2-9-23/h3-7,10-11H,1-2,8-9H2,(H2,21,22,24,25). The van der Waals surface area contributed by atoms with Gasteiger partial charge in [-0.15, -0.1) is 0 Å². The normalized spacial score (nSPS) is 13.6. The van der Waals surface area contributed by atoms with Crippen LogP contribution >= 0.6 is 46.4 Å². The first kappa shape index (κ1) is 18.4. The van der Waals surface area contributed by atoms with Gasteiger partial charge >= 0.3 is 0 Å². The fourth-order valence-corrected chi connectivity index (χ4v) is 3.67. The molecule has 1 fully saturated rings. The van der Waals surface area contributed by atoms with E-state index in [4.69, 9.17) is 23.8 Å². The number of hydrogen-bond donors (Lipinski definition) is 2. The van der Waals surface area contributed by atoms with E-state index in [1.807, 2.05) is 24.3 Å². The molecule has 0 aliphatic carbocycles. The van der Waals surface area contributed by atoms with Crippen LogP contribution in [0.1, 0.15) is 23.2 Å². The average molecular weight is 486 g/mol. The van der Waals surface area contributed by atoms with Crippen LogP contribution in [0.3, 0.4) is 0 Å². The molecule has 7 heteroatoms. The second-order valence-electron chi connectivity index (χ2n) is 5.78. The number of nitrogens with zero attached hydrogens (tertiary/aromatic N) is 1. The number of carbonyl (C=O) groups is 1. The third kappa shape index (κ3) is 4.83. The van der Waals surface area contributed by atoms with Crippen molar-refractivity contribution in [1.29, 1.82) is 0 Å². The first-order chi connectivity index (χ1) is 12.0. The van der Waals surface area contributed by atoms with Crippen LogP contribution in [0, 0.1) is 3.57 Å². The van der Waals surface area contributed by atoms with Gasteiger partial charge in [-0.05, 0) is 84.0 Å². The lowest BCUT2D eigenvalue weighted by Crippen LogP contribution is -2.34. The van der Waals surface area contributed by atoms with Crippen molar-refractivity contribution < 1.29 is 4.79 Å². The first-order valence-corrected chi connectivity index (χ1v) is 9.82. The van der Waals surface area contributed by atoms with E-state index < -0.39 is 0 Å². The molecule has 2 aromatic carbocycles. The van der Waals surface area contributed by atoms with E-state index >= 15 is 0 Å². The van der Waals surface area contributed by atoms with Crippen LogP contribution in [0.25, 0.3) is 0 Å². The molecule has 3 rings (SSSR count). The summed E-state index contributed by atoms with van der Waals surface area (Å²) in [6.07, 6.45) is 2.45. The van der Waals surface area contributed by atoms with Crippen LogP contribution in [0.15, 0.2) is 42.5 Å². The Morgan fingerprint density at radius 3 is 2.68 bits per heavy atom. The minimum Gasteiger partial charge on any atom is -0.371 e. The monoisotopic (exact) mass is 485 g/mol. The summed E-state index contributed by atoms with van der Waals surface area (Å²) >= 11 is 13.5. The summed E-state index contributed by atoms with van der Waals surface area (Å²) < 4.78 is 0.935. The lowest BCUT2D eigenvalue weighted by molar-refractivity contribution is 0.0978. The van der Waals surface area contributed by atoms with E-state index in [-0.39, 0.29) is 11.0 Å². The lowest BCUT2D eigenvalue weighted by atomic mass is 10.2. The second-order valence-corrected chi connectivity index (χ2v) is 7.84. The van der Waals surface area contributed by atoms with Gasteiger partial charge in [0.2, 0.25) is 0 Å². The molecule has 1 aliphatic heterocycles. The van der Waals surface area contributed by atoms with Crippen molar-refractivity contribution in [2.75, 3.05) is 23.3 Å². The molecule has 1 heterocycles. The quantitative estimate of drug-likeness (QED) is 0.490. The van der Waals surface area contributed by atoms with Crippen molar-refractivity contribution in [3.05, 3.63) is 56.6 Å². The fraction of sp³-hybridized carbons (Fsp3) is 0.222. The molecular weight excluding hydrogens is 469 g/mol. The number of rotatable bonds is 3. The van der Waals surface area contributed by atoms with E-state index in [0.29, 0.717) is 10.6 Å². The Bertz CT molecular complexity index is 809. The third-order valence-corrected chi connectivity index (χ3v) is 5.18. The van der Waals surface area contributed by atoms with Crippen LogP contribution in [0.2, 0.25) is 5.02 Å². The zero-order valence-electron chi connectivity index (χ0n) is 13.4. The molecule has 25 heavy (non-hydrogen) atoms. The maximum absolute atomic E-state index is 12.4. The number of carbonyl (C=O) groups excluding carboxylic acids is 1. The first-order valence-electron chi connectivity index (χ1n) is 7.95. The van der Waals surface area contributed by atoms with Crippen molar-refractivity contribution in [3.8, 4) is 0 Å². The third-order valence-electron chi connectivity index (χ3n) is 3.98. The van der Waals surface area contributed by atoms with E-state index in [2.05, 4.69) is 44.2 Å². The molecule has 4 nitrogen and oxygen atoms in total. The molecule has 1 saturated heterocycles. The summed E-state index contributed by atoms with van der Waals surface area (Å²) in [4.78, 5) is 14.7. The van der Waals surface area contributed by atoms with Gasteiger partial charge in [0.25, 0.3) is 5.91 Å². The number of nitrogens with one attached hydrogen (secondary N) is 2. The Balaban J connectivity index is 1.65. The Hall–Kier alpha value is -1.38. The molecule has 1 amide bonds. The number of anilines is 2. The maximum atomic E-state index is 12.4. The number of halogens is 2. The van der Waals surface area contributed by atoms with Crippen molar-refractivity contribution in [3.63, 3.8) is 0 Å². The van der Waals surface area contributed by atoms with Gasteiger partial charge < -0.3 is 10.2 Å². The highest BCUT2D eigenvalue weighted by Gasteiger charge is 2.14. The van der Waals surface area contributed by atoms with Gasteiger partial charge in [-0.25, -0.2) is 0 Å². The molecule has 0 saturated carbocycles. The predicted octanol–water partition coefficient (Wildman–Crippen LogP) is 4.67. The van der Waals surface area contributed by atoms with E-state index in [0.717, 1.165) is 28.0 Å². The number of thiocarbonyl (C=S) groups is 1. The van der Waals surface area contributed by atoms with E-state index in [9.17, 15) is 4.79 Å². The van der Waals surface area contributed by atoms with Gasteiger partial charge in [-0.3, -0.25) is 10.1 Å². The summed E-state index contributed by atoms with van der Waals surface area (Å²) in [5, 5.41) is 6.40. The molecule has 2 aromatic rings. The summed E-state index contributed by atoms with van der Waals surface area (Å²) in [5.74, 6) is -0.322. The number of hydrogen-bond acceptors (Lipinski definition) is 3. The number of benzene rings is 2. The topological polar surface area (TPSA) is 44.4 Å². The predicted molar refractivity (Wildman–Crippen MR) is 116 cm³/mol. The Labute approximate surface area is 171 Å². The van der Waals surface area contributed by atoms with Crippen molar-refractivity contribution >= 4 is 68.8 Å². The smallest absolute Gasteiger partial charge is 0.258 e. The minimum absolute atomic E-state index is 0.249. The Morgan fingerprint density at radius 2 is 1.92 bits per heavy atom. The van der Waals surface area contributed by atoms with Crippen molar-refractivity contribution in [2.24, 2.45) is 0 Å². The summed E-state index contributed by atoms with van der Waals surface area (Å²) in [5.41, 5.74) is 2.42. The van der Waals surface area contributed by atoms with Crippen LogP contribution < -0.4 is 15.5 Å². The molecule has 1 aliphatic rings. The molecule has 2 N–H and O–H groups in total. The molecule has 0 spiro atoms. The van der Waals surface area contributed by atoms with Gasteiger partial charge in [0.1, 0.15) is 0 Å². The Kier molecular flexibility index (Phi) is 6.14. The van der Waals surface area contributed by atoms with Crippen LogP contribution in [0.5, 0.6) is 0 Å². The van der Waals surface area contributed by atoms with Gasteiger partial charge in [-0.2, -0.15) is 0 Å². The highest BCUT2D eigenvalue weighted by molar-refractivity contribution is 14.1. The highest BCUT2D eigenvalue weighted by Crippen LogP contribution is 2.23. The zero-order valence-corrected chi connectivity index (χ0v) is 17.1. The highest BCUT2D eigenvalue weighted by atomic mass is 127. The second kappa shape index (κ2) is 8.33. The van der Waals surface area contributed by atoms with Crippen LogP contribution in [-0.2, 0) is 0 Å². The van der Waals surface area contributed by atoms with Crippen LogP contribution in [0.4, 0.5) is 11.4 Å². The largest absolute Gasteiger partial charge is 0.371 e. The van der Waals surface area contributed by atoms with Gasteiger partial charge in [0.05, 0.1) is 10.6 Å². The molecule has 0 radical (unpaired) electrons. The Morgan fingerprint density at radius 1 is 1.16 bits per heavy atom. The summed E-state index contributed by atoms with van der Waals surface area (Å²) in [7, 11) is 0. The fourth-order valence-electron chi connectivity index (χ4n) is 2.76.